The van der Waals surface area contributed by atoms with Crippen LogP contribution < -0.4 is 5.32 Å². The van der Waals surface area contributed by atoms with Crippen molar-refractivity contribution in [3.8, 4) is 0 Å². The lowest BCUT2D eigenvalue weighted by atomic mass is 10.0. The Morgan fingerprint density at radius 3 is 2.76 bits per heavy atom. The van der Waals surface area contributed by atoms with Gasteiger partial charge >= 0.3 is 0 Å². The maximum atomic E-state index is 13.8. The normalized spacial score (nSPS) is 23.6. The van der Waals surface area contributed by atoms with Crippen LogP contribution in [0.25, 0.3) is 0 Å². The molecule has 0 amide bonds. The molecule has 1 aliphatic carbocycles. The summed E-state index contributed by atoms with van der Waals surface area (Å²) in [5, 5.41) is 3.34. The molecule has 0 spiro atoms. The van der Waals surface area contributed by atoms with E-state index in [2.05, 4.69) is 15.2 Å². The van der Waals surface area contributed by atoms with E-state index in [1.807, 2.05) is 12.1 Å². The molecule has 0 unspecified atom stereocenters. The van der Waals surface area contributed by atoms with E-state index in [4.69, 9.17) is 0 Å². The molecule has 1 atom stereocenters. The quantitative estimate of drug-likeness (QED) is 0.806. The topological polar surface area (TPSA) is 28.2 Å². The zero-order valence-electron chi connectivity index (χ0n) is 9.90. The fourth-order valence-corrected chi connectivity index (χ4v) is 2.74. The highest BCUT2D eigenvalue weighted by Gasteiger charge is 2.38. The summed E-state index contributed by atoms with van der Waals surface area (Å²) in [4.78, 5) is 6.21. The summed E-state index contributed by atoms with van der Waals surface area (Å²) in [6.07, 6.45) is 3.98. The van der Waals surface area contributed by atoms with Crippen molar-refractivity contribution in [3.63, 3.8) is 0 Å². The average Bonchev–Trinajstić information content (AvgIpc) is 3.18. The highest BCUT2D eigenvalue weighted by atomic mass is 19.1. The summed E-state index contributed by atoms with van der Waals surface area (Å²) in [6, 6.07) is 3.98. The number of pyridine rings is 1. The van der Waals surface area contributed by atoms with Crippen LogP contribution in [-0.4, -0.2) is 36.1 Å². The van der Waals surface area contributed by atoms with E-state index < -0.39 is 0 Å². The molecule has 92 valence electrons. The van der Waals surface area contributed by atoms with Gasteiger partial charge in [0.15, 0.2) is 0 Å². The number of nitrogens with zero attached hydrogens (tertiary/aromatic N) is 2. The number of piperazine rings is 1. The van der Waals surface area contributed by atoms with Crippen molar-refractivity contribution >= 4 is 0 Å². The van der Waals surface area contributed by atoms with E-state index in [9.17, 15) is 4.39 Å². The van der Waals surface area contributed by atoms with E-state index in [0.29, 0.717) is 5.92 Å². The third kappa shape index (κ3) is 2.33. The Bertz CT molecular complexity index is 386. The summed E-state index contributed by atoms with van der Waals surface area (Å²) in [5.41, 5.74) is 0.789. The first-order valence-corrected chi connectivity index (χ1v) is 6.41. The molecule has 2 fully saturated rings. The minimum Gasteiger partial charge on any atom is -0.314 e. The number of halogens is 1. The first-order valence-electron chi connectivity index (χ1n) is 6.41. The van der Waals surface area contributed by atoms with Gasteiger partial charge in [-0.3, -0.25) is 4.90 Å². The van der Waals surface area contributed by atoms with Gasteiger partial charge in [0, 0.05) is 44.0 Å². The Kier molecular flexibility index (Phi) is 3.07. The van der Waals surface area contributed by atoms with Crippen LogP contribution in [0, 0.1) is 11.9 Å². The van der Waals surface area contributed by atoms with Gasteiger partial charge in [0.05, 0.1) is 0 Å². The van der Waals surface area contributed by atoms with Crippen molar-refractivity contribution in [1.82, 2.24) is 15.2 Å². The second-order valence-corrected chi connectivity index (χ2v) is 4.95. The Hall–Kier alpha value is -1.00. The maximum absolute atomic E-state index is 13.8. The summed E-state index contributed by atoms with van der Waals surface area (Å²) in [5.74, 6) is 0.342. The van der Waals surface area contributed by atoms with Gasteiger partial charge in [-0.15, -0.1) is 0 Å². The van der Waals surface area contributed by atoms with E-state index in [0.717, 1.165) is 31.7 Å². The third-order valence-corrected chi connectivity index (χ3v) is 3.72. The standard InChI is InChI=1S/C13H18FN3/c14-13-11(2-1-5-16-13)12(10-3-4-10)17-8-6-15-7-9-17/h1-2,5,10,12,15H,3-4,6-9H2/t12-/m0/s1. The Morgan fingerprint density at radius 1 is 1.35 bits per heavy atom. The van der Waals surface area contributed by atoms with Crippen molar-refractivity contribution in [2.75, 3.05) is 26.2 Å². The van der Waals surface area contributed by atoms with Gasteiger partial charge in [-0.1, -0.05) is 6.07 Å². The lowest BCUT2D eigenvalue weighted by Gasteiger charge is -2.35. The zero-order valence-corrected chi connectivity index (χ0v) is 9.90. The van der Waals surface area contributed by atoms with E-state index in [1.165, 1.54) is 19.0 Å². The average molecular weight is 235 g/mol. The molecule has 1 saturated carbocycles. The molecular weight excluding hydrogens is 217 g/mol. The fourth-order valence-electron chi connectivity index (χ4n) is 2.74. The fraction of sp³-hybridized carbons (Fsp3) is 0.615. The van der Waals surface area contributed by atoms with Crippen molar-refractivity contribution in [2.45, 2.75) is 18.9 Å². The molecule has 3 rings (SSSR count). The first kappa shape index (κ1) is 11.1. The molecule has 1 saturated heterocycles. The lowest BCUT2D eigenvalue weighted by molar-refractivity contribution is 0.152. The second-order valence-electron chi connectivity index (χ2n) is 4.95. The van der Waals surface area contributed by atoms with Crippen molar-refractivity contribution in [2.24, 2.45) is 5.92 Å². The van der Waals surface area contributed by atoms with Crippen LogP contribution >= 0.6 is 0 Å². The SMILES string of the molecule is Fc1ncccc1[C@H](C1CC1)N1CCNCC1. The summed E-state index contributed by atoms with van der Waals surface area (Å²) >= 11 is 0. The number of rotatable bonds is 3. The highest BCUT2D eigenvalue weighted by Crippen LogP contribution is 2.44. The largest absolute Gasteiger partial charge is 0.314 e. The van der Waals surface area contributed by atoms with E-state index in [1.54, 1.807) is 0 Å². The van der Waals surface area contributed by atoms with Gasteiger partial charge in [-0.2, -0.15) is 4.39 Å². The molecule has 1 aromatic rings. The Balaban J connectivity index is 1.86. The van der Waals surface area contributed by atoms with Crippen LogP contribution in [0.1, 0.15) is 24.4 Å². The molecule has 2 heterocycles. The second kappa shape index (κ2) is 4.70. The molecule has 3 nitrogen and oxygen atoms in total. The molecule has 0 aromatic carbocycles. The number of aromatic nitrogens is 1. The van der Waals surface area contributed by atoms with E-state index in [-0.39, 0.29) is 12.0 Å². The predicted octanol–water partition coefficient (Wildman–Crippen LogP) is 1.58. The van der Waals surface area contributed by atoms with Gasteiger partial charge in [-0.05, 0) is 24.8 Å². The number of hydrogen-bond acceptors (Lipinski definition) is 3. The van der Waals surface area contributed by atoms with Gasteiger partial charge in [0.1, 0.15) is 0 Å². The van der Waals surface area contributed by atoms with Gasteiger partial charge in [0.2, 0.25) is 5.95 Å². The zero-order chi connectivity index (χ0) is 11.7. The van der Waals surface area contributed by atoms with Crippen molar-refractivity contribution < 1.29 is 4.39 Å². The van der Waals surface area contributed by atoms with Gasteiger partial charge < -0.3 is 5.32 Å². The summed E-state index contributed by atoms with van der Waals surface area (Å²) in [6.45, 7) is 4.03. The lowest BCUT2D eigenvalue weighted by Crippen LogP contribution is -2.45. The summed E-state index contributed by atoms with van der Waals surface area (Å²) in [7, 11) is 0. The Labute approximate surface area is 101 Å². The predicted molar refractivity (Wildman–Crippen MR) is 64.1 cm³/mol. The molecule has 0 radical (unpaired) electrons. The number of nitrogens with one attached hydrogen (secondary N) is 1. The monoisotopic (exact) mass is 235 g/mol. The number of hydrogen-bond donors (Lipinski definition) is 1. The minimum atomic E-state index is -0.289. The maximum Gasteiger partial charge on any atom is 0.217 e. The van der Waals surface area contributed by atoms with Crippen molar-refractivity contribution in [1.29, 1.82) is 0 Å². The Morgan fingerprint density at radius 2 is 2.12 bits per heavy atom. The van der Waals surface area contributed by atoms with Crippen LogP contribution in [0.3, 0.4) is 0 Å². The van der Waals surface area contributed by atoms with Crippen LogP contribution in [0.5, 0.6) is 0 Å². The van der Waals surface area contributed by atoms with Crippen LogP contribution in [0.15, 0.2) is 18.3 Å². The molecule has 1 aromatic heterocycles. The summed E-state index contributed by atoms with van der Waals surface area (Å²) < 4.78 is 13.8. The molecule has 0 bridgehead atoms. The molecule has 17 heavy (non-hydrogen) atoms. The molecule has 1 N–H and O–H groups in total. The van der Waals surface area contributed by atoms with E-state index >= 15 is 0 Å². The molecule has 1 aliphatic heterocycles. The minimum absolute atomic E-state index is 0.241. The molecular formula is C13H18FN3. The smallest absolute Gasteiger partial charge is 0.217 e. The molecule has 4 heteroatoms. The van der Waals surface area contributed by atoms with Crippen LogP contribution in [0.4, 0.5) is 4.39 Å². The van der Waals surface area contributed by atoms with Crippen LogP contribution in [0.2, 0.25) is 0 Å². The van der Waals surface area contributed by atoms with Crippen LogP contribution in [-0.2, 0) is 0 Å². The third-order valence-electron chi connectivity index (χ3n) is 3.72. The molecule has 2 aliphatic rings. The van der Waals surface area contributed by atoms with Gasteiger partial charge in [0.25, 0.3) is 0 Å². The first-order chi connectivity index (χ1) is 8.36. The highest BCUT2D eigenvalue weighted by molar-refractivity contribution is 5.19. The van der Waals surface area contributed by atoms with Gasteiger partial charge in [-0.25, -0.2) is 4.98 Å². The van der Waals surface area contributed by atoms with Crippen molar-refractivity contribution in [3.05, 3.63) is 29.8 Å².